The molecule has 164 valence electrons. The summed E-state index contributed by atoms with van der Waals surface area (Å²) in [6.07, 6.45) is 1.65. The summed E-state index contributed by atoms with van der Waals surface area (Å²) >= 11 is 6.18. The number of amides is 1. The molecule has 7 heteroatoms. The van der Waals surface area contributed by atoms with E-state index in [0.29, 0.717) is 35.9 Å². The topological polar surface area (TPSA) is 50.9 Å². The number of piperazine rings is 1. The van der Waals surface area contributed by atoms with Gasteiger partial charge >= 0.3 is 0 Å². The van der Waals surface area contributed by atoms with E-state index in [1.165, 1.54) is 0 Å². The van der Waals surface area contributed by atoms with Gasteiger partial charge in [0, 0.05) is 49.9 Å². The summed E-state index contributed by atoms with van der Waals surface area (Å²) in [5.41, 5.74) is 4.34. The van der Waals surface area contributed by atoms with E-state index in [-0.39, 0.29) is 5.91 Å². The maximum atomic E-state index is 13.5. The summed E-state index contributed by atoms with van der Waals surface area (Å²) < 4.78 is 13.1. The molecule has 4 aromatic rings. The third-order valence-corrected chi connectivity index (χ3v) is 6.20. The van der Waals surface area contributed by atoms with E-state index in [4.69, 9.17) is 20.8 Å². The molecule has 3 heterocycles. The number of methoxy groups -OCH3 is 1. The van der Waals surface area contributed by atoms with Crippen molar-refractivity contribution >= 4 is 34.3 Å². The molecule has 1 saturated heterocycles. The van der Waals surface area contributed by atoms with Gasteiger partial charge in [-0.25, -0.2) is 0 Å². The first-order chi connectivity index (χ1) is 15.6. The van der Waals surface area contributed by atoms with Crippen LogP contribution in [0.25, 0.3) is 11.1 Å². The molecule has 32 heavy (non-hydrogen) atoms. The zero-order chi connectivity index (χ0) is 22.1. The van der Waals surface area contributed by atoms with Crippen molar-refractivity contribution < 1.29 is 13.9 Å². The Labute approximate surface area is 191 Å². The van der Waals surface area contributed by atoms with Gasteiger partial charge in [0.2, 0.25) is 0 Å². The van der Waals surface area contributed by atoms with E-state index in [0.717, 1.165) is 35.6 Å². The summed E-state index contributed by atoms with van der Waals surface area (Å²) in [6.45, 7) is 3.32. The van der Waals surface area contributed by atoms with Crippen molar-refractivity contribution in [2.45, 2.75) is 6.54 Å². The summed E-state index contributed by atoms with van der Waals surface area (Å²) in [7, 11) is 1.68. The maximum Gasteiger partial charge on any atom is 0.270 e. The molecule has 5 rings (SSSR count). The largest absolute Gasteiger partial charge is 0.495 e. The number of anilines is 1. The first kappa shape index (κ1) is 20.5. The van der Waals surface area contributed by atoms with Crippen molar-refractivity contribution in [1.82, 2.24) is 9.47 Å². The predicted octanol–water partition coefficient (Wildman–Crippen LogP) is 4.91. The van der Waals surface area contributed by atoms with E-state index in [9.17, 15) is 4.79 Å². The molecule has 2 aromatic carbocycles. The molecular formula is C25H24ClN3O3. The molecule has 0 saturated carbocycles. The fourth-order valence-electron chi connectivity index (χ4n) is 4.35. The Morgan fingerprint density at radius 3 is 2.62 bits per heavy atom. The number of carbonyl (C=O) groups excluding carboxylic acids is 1. The van der Waals surface area contributed by atoms with Gasteiger partial charge in [0.25, 0.3) is 5.91 Å². The monoisotopic (exact) mass is 449 g/mol. The third-order valence-electron chi connectivity index (χ3n) is 5.96. The van der Waals surface area contributed by atoms with Crippen molar-refractivity contribution in [2.75, 3.05) is 38.2 Å². The summed E-state index contributed by atoms with van der Waals surface area (Å²) in [4.78, 5) is 17.7. The van der Waals surface area contributed by atoms with Crippen molar-refractivity contribution in [3.8, 4) is 5.75 Å². The van der Waals surface area contributed by atoms with Crippen LogP contribution in [0.1, 0.15) is 16.1 Å². The van der Waals surface area contributed by atoms with Crippen LogP contribution in [0.5, 0.6) is 5.75 Å². The summed E-state index contributed by atoms with van der Waals surface area (Å²) in [5.74, 6) is 0.862. The average molecular weight is 450 g/mol. The van der Waals surface area contributed by atoms with Gasteiger partial charge in [-0.15, -0.1) is 0 Å². The number of hydrogen-bond acceptors (Lipinski definition) is 4. The molecule has 0 radical (unpaired) electrons. The number of hydrogen-bond donors (Lipinski definition) is 0. The zero-order valence-corrected chi connectivity index (χ0v) is 18.6. The number of nitrogens with zero attached hydrogens (tertiary/aromatic N) is 3. The fraction of sp³-hybridized carbons (Fsp3) is 0.240. The molecule has 0 unspecified atom stereocenters. The second kappa shape index (κ2) is 8.63. The number of carbonyl (C=O) groups is 1. The number of para-hydroxylation sites is 2. The number of ether oxygens (including phenoxy) is 1. The van der Waals surface area contributed by atoms with E-state index < -0.39 is 0 Å². The van der Waals surface area contributed by atoms with Crippen LogP contribution in [0.4, 0.5) is 5.69 Å². The van der Waals surface area contributed by atoms with Crippen LogP contribution in [0, 0.1) is 0 Å². The lowest BCUT2D eigenvalue weighted by Crippen LogP contribution is -2.49. The molecule has 1 aliphatic rings. The van der Waals surface area contributed by atoms with E-state index in [1.54, 1.807) is 13.4 Å². The van der Waals surface area contributed by atoms with Crippen LogP contribution in [0.3, 0.4) is 0 Å². The van der Waals surface area contributed by atoms with E-state index in [2.05, 4.69) is 11.0 Å². The predicted molar refractivity (Wildman–Crippen MR) is 126 cm³/mol. The molecule has 0 spiro atoms. The quantitative estimate of drug-likeness (QED) is 0.434. The first-order valence-electron chi connectivity index (χ1n) is 10.6. The SMILES string of the molecule is COc1ccccc1N1CCN(C(=O)c2cc3occc3n2Cc2cccc(Cl)c2)CC1. The van der Waals surface area contributed by atoms with Gasteiger partial charge in [-0.1, -0.05) is 35.9 Å². The molecule has 2 aromatic heterocycles. The van der Waals surface area contributed by atoms with Crippen molar-refractivity contribution in [3.63, 3.8) is 0 Å². The van der Waals surface area contributed by atoms with Gasteiger partial charge in [-0.05, 0) is 29.8 Å². The molecule has 0 N–H and O–H groups in total. The van der Waals surface area contributed by atoms with Gasteiger partial charge in [-0.2, -0.15) is 0 Å². The van der Waals surface area contributed by atoms with E-state index in [1.807, 2.05) is 64.1 Å². The average Bonchev–Trinajstić information content (AvgIpc) is 3.41. The van der Waals surface area contributed by atoms with Gasteiger partial charge in [-0.3, -0.25) is 4.79 Å². The highest BCUT2D eigenvalue weighted by Crippen LogP contribution is 2.29. The Balaban J connectivity index is 1.37. The Morgan fingerprint density at radius 1 is 1.03 bits per heavy atom. The first-order valence-corrected chi connectivity index (χ1v) is 11.0. The normalized spacial score (nSPS) is 14.2. The lowest BCUT2D eigenvalue weighted by atomic mass is 10.2. The zero-order valence-electron chi connectivity index (χ0n) is 17.8. The van der Waals surface area contributed by atoms with Gasteiger partial charge < -0.3 is 23.5 Å². The summed E-state index contributed by atoms with van der Waals surface area (Å²) in [5, 5.41) is 0.679. The second-order valence-electron chi connectivity index (χ2n) is 7.87. The molecule has 1 fully saturated rings. The smallest absolute Gasteiger partial charge is 0.270 e. The Kier molecular flexibility index (Phi) is 5.53. The number of aromatic nitrogens is 1. The van der Waals surface area contributed by atoms with Crippen molar-refractivity contribution in [3.05, 3.63) is 83.2 Å². The van der Waals surface area contributed by atoms with Gasteiger partial charge in [0.1, 0.15) is 11.4 Å². The minimum Gasteiger partial charge on any atom is -0.495 e. The van der Waals surface area contributed by atoms with Gasteiger partial charge in [0.05, 0.1) is 24.6 Å². The Hall–Kier alpha value is -3.38. The lowest BCUT2D eigenvalue weighted by molar-refractivity contribution is 0.0736. The van der Waals surface area contributed by atoms with Crippen LogP contribution >= 0.6 is 11.6 Å². The van der Waals surface area contributed by atoms with Gasteiger partial charge in [0.15, 0.2) is 5.58 Å². The number of halogens is 1. The minimum atomic E-state index is 0.0121. The standard InChI is InChI=1S/C25H24ClN3O3/c1-31-23-8-3-2-7-20(23)27-10-12-28(13-11-27)25(30)22-16-24-21(9-14-32-24)29(22)17-18-5-4-6-19(26)15-18/h2-9,14-16H,10-13,17H2,1H3. The fourth-order valence-corrected chi connectivity index (χ4v) is 4.56. The number of furan rings is 1. The molecule has 0 aliphatic carbocycles. The highest BCUT2D eigenvalue weighted by molar-refractivity contribution is 6.30. The molecule has 0 bridgehead atoms. The number of benzene rings is 2. The molecule has 1 amide bonds. The summed E-state index contributed by atoms with van der Waals surface area (Å²) in [6, 6.07) is 19.4. The third kappa shape index (κ3) is 3.82. The number of fused-ring (bicyclic) bond motifs is 1. The van der Waals surface area contributed by atoms with Crippen LogP contribution in [0.2, 0.25) is 5.02 Å². The second-order valence-corrected chi connectivity index (χ2v) is 8.30. The minimum absolute atomic E-state index is 0.0121. The van der Waals surface area contributed by atoms with E-state index >= 15 is 0 Å². The highest BCUT2D eigenvalue weighted by Gasteiger charge is 2.27. The lowest BCUT2D eigenvalue weighted by Gasteiger charge is -2.36. The van der Waals surface area contributed by atoms with Crippen molar-refractivity contribution in [2.24, 2.45) is 0 Å². The van der Waals surface area contributed by atoms with Crippen LogP contribution in [-0.4, -0.2) is 48.7 Å². The molecule has 1 aliphatic heterocycles. The number of rotatable bonds is 5. The Bertz CT molecular complexity index is 1250. The highest BCUT2D eigenvalue weighted by atomic mass is 35.5. The molecular weight excluding hydrogens is 426 g/mol. The molecule has 6 nitrogen and oxygen atoms in total. The molecule has 0 atom stereocenters. The van der Waals surface area contributed by atoms with Crippen LogP contribution in [-0.2, 0) is 6.54 Å². The van der Waals surface area contributed by atoms with Crippen LogP contribution < -0.4 is 9.64 Å². The van der Waals surface area contributed by atoms with Crippen molar-refractivity contribution in [1.29, 1.82) is 0 Å². The maximum absolute atomic E-state index is 13.5. The van der Waals surface area contributed by atoms with Crippen LogP contribution in [0.15, 0.2) is 71.3 Å². The Morgan fingerprint density at radius 2 is 1.84 bits per heavy atom.